The van der Waals surface area contributed by atoms with Crippen molar-refractivity contribution in [3.63, 3.8) is 0 Å². The maximum absolute atomic E-state index is 12.5. The fourth-order valence-corrected chi connectivity index (χ4v) is 3.65. The monoisotopic (exact) mass is 353 g/mol. The minimum atomic E-state index is -3.59. The van der Waals surface area contributed by atoms with Gasteiger partial charge in [0.05, 0.1) is 11.4 Å². The molecule has 0 bridgehead atoms. The fraction of sp³-hybridized carbons (Fsp3) is 0.250. The number of ether oxygens (including phenoxy) is 2. The summed E-state index contributed by atoms with van der Waals surface area (Å²) < 4.78 is 37.8. The number of para-hydroxylation sites is 2. The van der Waals surface area contributed by atoms with Gasteiger partial charge in [-0.3, -0.25) is 0 Å². The molecule has 1 atom stereocenters. The van der Waals surface area contributed by atoms with E-state index >= 15 is 0 Å². The molecule has 0 fully saturated rings. The molecule has 0 N–H and O–H groups in total. The van der Waals surface area contributed by atoms with E-state index in [-0.39, 0.29) is 17.5 Å². The van der Waals surface area contributed by atoms with Gasteiger partial charge in [-0.2, -0.15) is 4.31 Å². The van der Waals surface area contributed by atoms with E-state index in [0.717, 1.165) is 0 Å². The van der Waals surface area contributed by atoms with E-state index in [1.54, 1.807) is 18.2 Å². The summed E-state index contributed by atoms with van der Waals surface area (Å²) in [5.74, 6) is 1.30. The molecule has 0 spiro atoms. The molecule has 0 saturated heterocycles. The lowest BCUT2D eigenvalue weighted by Crippen LogP contribution is -2.41. The Morgan fingerprint density at radius 2 is 1.78 bits per heavy atom. The number of fused-ring (bicyclic) bond motifs is 1. The summed E-state index contributed by atoms with van der Waals surface area (Å²) in [5, 5.41) is 0.493. The molecule has 1 heterocycles. The van der Waals surface area contributed by atoms with Gasteiger partial charge in [-0.1, -0.05) is 23.7 Å². The largest absolute Gasteiger partial charge is 0.486 e. The van der Waals surface area contributed by atoms with Crippen LogP contribution >= 0.6 is 11.6 Å². The van der Waals surface area contributed by atoms with E-state index in [9.17, 15) is 8.42 Å². The minimum absolute atomic E-state index is 0.194. The summed E-state index contributed by atoms with van der Waals surface area (Å²) in [5.41, 5.74) is 0. The summed E-state index contributed by atoms with van der Waals surface area (Å²) in [7, 11) is -2.07. The Balaban J connectivity index is 1.72. The zero-order valence-corrected chi connectivity index (χ0v) is 14.0. The van der Waals surface area contributed by atoms with Gasteiger partial charge in [-0.05, 0) is 36.4 Å². The number of rotatable bonds is 4. The lowest BCUT2D eigenvalue weighted by atomic mass is 10.2. The van der Waals surface area contributed by atoms with E-state index in [1.807, 2.05) is 18.2 Å². The Morgan fingerprint density at radius 3 is 2.48 bits per heavy atom. The molecule has 5 nitrogen and oxygen atoms in total. The van der Waals surface area contributed by atoms with Crippen molar-refractivity contribution in [3.05, 3.63) is 53.6 Å². The van der Waals surface area contributed by atoms with Gasteiger partial charge in [0.1, 0.15) is 12.7 Å². The summed E-state index contributed by atoms with van der Waals surface area (Å²) in [4.78, 5) is 0.196. The average molecular weight is 354 g/mol. The first kappa shape index (κ1) is 16.1. The highest BCUT2D eigenvalue weighted by Gasteiger charge is 2.27. The number of nitrogens with zero attached hydrogens (tertiary/aromatic N) is 1. The summed E-state index contributed by atoms with van der Waals surface area (Å²) >= 11 is 5.80. The Hall–Kier alpha value is -1.76. The molecule has 0 radical (unpaired) electrons. The van der Waals surface area contributed by atoms with Gasteiger partial charge in [0, 0.05) is 12.1 Å². The molecule has 0 unspecified atom stereocenters. The number of halogens is 1. The normalized spacial score (nSPS) is 17.3. The Kier molecular flexibility index (Phi) is 4.48. The first-order valence-corrected chi connectivity index (χ1v) is 8.89. The van der Waals surface area contributed by atoms with Crippen LogP contribution in [0.5, 0.6) is 11.5 Å². The SMILES string of the molecule is CN(C[C@@H]1COc2ccccc2O1)S(=O)(=O)c1ccc(Cl)cc1. The van der Waals surface area contributed by atoms with Gasteiger partial charge in [0.2, 0.25) is 10.0 Å². The number of sulfonamides is 1. The van der Waals surface area contributed by atoms with Gasteiger partial charge in [0.25, 0.3) is 0 Å². The van der Waals surface area contributed by atoms with Gasteiger partial charge in [-0.15, -0.1) is 0 Å². The number of benzene rings is 2. The van der Waals surface area contributed by atoms with Crippen LogP contribution < -0.4 is 9.47 Å². The van der Waals surface area contributed by atoms with Crippen molar-refractivity contribution in [3.8, 4) is 11.5 Å². The van der Waals surface area contributed by atoms with Crippen LogP contribution in [0.25, 0.3) is 0 Å². The third-order valence-corrected chi connectivity index (χ3v) is 5.64. The molecule has 122 valence electrons. The smallest absolute Gasteiger partial charge is 0.242 e. The predicted molar refractivity (Wildman–Crippen MR) is 87.6 cm³/mol. The molecule has 0 saturated carbocycles. The van der Waals surface area contributed by atoms with Crippen molar-refractivity contribution in [1.82, 2.24) is 4.31 Å². The van der Waals surface area contributed by atoms with Gasteiger partial charge >= 0.3 is 0 Å². The van der Waals surface area contributed by atoms with Crippen LogP contribution in [0.2, 0.25) is 5.02 Å². The van der Waals surface area contributed by atoms with E-state index in [0.29, 0.717) is 23.1 Å². The van der Waals surface area contributed by atoms with E-state index in [1.165, 1.54) is 23.5 Å². The fourth-order valence-electron chi connectivity index (χ4n) is 2.32. The molecule has 3 rings (SSSR count). The van der Waals surface area contributed by atoms with Crippen LogP contribution in [0, 0.1) is 0 Å². The molecule has 1 aliphatic heterocycles. The summed E-state index contributed by atoms with van der Waals surface area (Å²) in [6, 6.07) is 13.4. The maximum Gasteiger partial charge on any atom is 0.242 e. The predicted octanol–water partition coefficient (Wildman–Crippen LogP) is 2.80. The number of likely N-dealkylation sites (N-methyl/N-ethyl adjacent to an activating group) is 1. The second kappa shape index (κ2) is 6.39. The zero-order valence-electron chi connectivity index (χ0n) is 12.5. The van der Waals surface area contributed by atoms with Gasteiger partial charge in [-0.25, -0.2) is 8.42 Å². The third-order valence-electron chi connectivity index (χ3n) is 3.55. The van der Waals surface area contributed by atoms with Gasteiger partial charge in [0.15, 0.2) is 11.5 Å². The molecule has 23 heavy (non-hydrogen) atoms. The highest BCUT2D eigenvalue weighted by molar-refractivity contribution is 7.89. The van der Waals surface area contributed by atoms with Crippen molar-refractivity contribution in [1.29, 1.82) is 0 Å². The molecule has 7 heteroatoms. The van der Waals surface area contributed by atoms with Crippen molar-refractivity contribution in [2.45, 2.75) is 11.0 Å². The van der Waals surface area contributed by atoms with Crippen molar-refractivity contribution < 1.29 is 17.9 Å². The topological polar surface area (TPSA) is 55.8 Å². The quantitative estimate of drug-likeness (QED) is 0.848. The first-order chi connectivity index (χ1) is 11.0. The van der Waals surface area contributed by atoms with Crippen molar-refractivity contribution in [2.24, 2.45) is 0 Å². The van der Waals surface area contributed by atoms with Crippen LogP contribution in [0.3, 0.4) is 0 Å². The molecular weight excluding hydrogens is 338 g/mol. The number of hydrogen-bond acceptors (Lipinski definition) is 4. The molecule has 0 aromatic heterocycles. The average Bonchev–Trinajstić information content (AvgIpc) is 2.55. The van der Waals surface area contributed by atoms with Gasteiger partial charge < -0.3 is 9.47 Å². The Bertz CT molecular complexity index is 792. The minimum Gasteiger partial charge on any atom is -0.486 e. The molecule has 2 aromatic carbocycles. The van der Waals surface area contributed by atoms with E-state index < -0.39 is 10.0 Å². The van der Waals surface area contributed by atoms with Crippen molar-refractivity contribution in [2.75, 3.05) is 20.2 Å². The second-order valence-corrected chi connectivity index (χ2v) is 7.72. The molecule has 0 aliphatic carbocycles. The molecule has 2 aromatic rings. The number of hydrogen-bond donors (Lipinski definition) is 0. The summed E-state index contributed by atoms with van der Waals surface area (Å²) in [6.45, 7) is 0.497. The first-order valence-electron chi connectivity index (χ1n) is 7.07. The van der Waals surface area contributed by atoms with E-state index in [4.69, 9.17) is 21.1 Å². The van der Waals surface area contributed by atoms with E-state index in [2.05, 4.69) is 0 Å². The maximum atomic E-state index is 12.5. The Labute approximate surface area is 140 Å². The van der Waals surface area contributed by atoms with Crippen LogP contribution in [0.4, 0.5) is 0 Å². The summed E-state index contributed by atoms with van der Waals surface area (Å²) in [6.07, 6.45) is -0.364. The second-order valence-electron chi connectivity index (χ2n) is 5.24. The van der Waals surface area contributed by atoms with Crippen LogP contribution in [0.1, 0.15) is 0 Å². The highest BCUT2D eigenvalue weighted by atomic mass is 35.5. The highest BCUT2D eigenvalue weighted by Crippen LogP contribution is 2.31. The molecule has 0 amide bonds. The third kappa shape index (κ3) is 3.44. The van der Waals surface area contributed by atoms with Crippen molar-refractivity contribution >= 4 is 21.6 Å². The molecule has 1 aliphatic rings. The van der Waals surface area contributed by atoms with Crippen LogP contribution in [-0.4, -0.2) is 39.0 Å². The standard InChI is InChI=1S/C16H16ClNO4S/c1-18(23(19,20)14-8-6-12(17)7-9-14)10-13-11-21-15-4-2-3-5-16(15)22-13/h2-9,13H,10-11H2,1H3/t13-/m1/s1. The van der Waals surface area contributed by atoms with Crippen LogP contribution in [-0.2, 0) is 10.0 Å². The molecular formula is C16H16ClNO4S. The van der Waals surface area contributed by atoms with Crippen LogP contribution in [0.15, 0.2) is 53.4 Å². The zero-order chi connectivity index (χ0) is 16.4. The lowest BCUT2D eigenvalue weighted by molar-refractivity contribution is 0.0798. The lowest BCUT2D eigenvalue weighted by Gasteiger charge is -2.29. The Morgan fingerprint density at radius 1 is 1.13 bits per heavy atom.